The summed E-state index contributed by atoms with van der Waals surface area (Å²) in [5.41, 5.74) is 1.43. The van der Waals surface area contributed by atoms with Crippen LogP contribution in [0.15, 0.2) is 30.6 Å². The summed E-state index contributed by atoms with van der Waals surface area (Å²) >= 11 is 2.03. The van der Waals surface area contributed by atoms with Gasteiger partial charge in [0.2, 0.25) is 0 Å². The predicted octanol–water partition coefficient (Wildman–Crippen LogP) is 4.64. The van der Waals surface area contributed by atoms with E-state index in [2.05, 4.69) is 20.3 Å². The van der Waals surface area contributed by atoms with Crippen molar-refractivity contribution in [3.63, 3.8) is 0 Å². The smallest absolute Gasteiger partial charge is 0.364 e. The van der Waals surface area contributed by atoms with Crippen molar-refractivity contribution >= 4 is 39.6 Å². The zero-order valence-corrected chi connectivity index (χ0v) is 15.6. The molecule has 5 nitrogen and oxygen atoms in total. The maximum Gasteiger partial charge on any atom is 0.416 e. The largest absolute Gasteiger partial charge is 0.416 e. The van der Waals surface area contributed by atoms with Gasteiger partial charge in [-0.05, 0) is 31.5 Å². The molecule has 0 atom stereocenters. The molecule has 0 amide bonds. The van der Waals surface area contributed by atoms with Crippen LogP contribution in [0.1, 0.15) is 31.0 Å². The van der Waals surface area contributed by atoms with Gasteiger partial charge in [-0.15, -0.1) is 0 Å². The minimum Gasteiger partial charge on any atom is -0.364 e. The monoisotopic (exact) mass is 461 g/mol. The highest BCUT2D eigenvalue weighted by molar-refractivity contribution is 14.1. The molecule has 3 aromatic rings. The van der Waals surface area contributed by atoms with Crippen LogP contribution in [0.3, 0.4) is 0 Å². The maximum absolute atomic E-state index is 12.6. The molecular formula is C16H15F3IN5. The van der Waals surface area contributed by atoms with Crippen LogP contribution in [0.25, 0.3) is 11.2 Å². The number of benzene rings is 1. The minimum absolute atomic E-state index is 0.207. The van der Waals surface area contributed by atoms with E-state index in [4.69, 9.17) is 0 Å². The Bertz CT molecular complexity index is 887. The van der Waals surface area contributed by atoms with Crippen molar-refractivity contribution < 1.29 is 13.2 Å². The maximum atomic E-state index is 12.6. The Morgan fingerprint density at radius 1 is 1.16 bits per heavy atom. The van der Waals surface area contributed by atoms with E-state index < -0.39 is 11.7 Å². The molecule has 0 saturated heterocycles. The van der Waals surface area contributed by atoms with E-state index in [1.807, 2.05) is 41.0 Å². The van der Waals surface area contributed by atoms with E-state index in [0.717, 1.165) is 23.3 Å². The zero-order chi connectivity index (χ0) is 18.2. The van der Waals surface area contributed by atoms with E-state index in [0.29, 0.717) is 21.7 Å². The van der Waals surface area contributed by atoms with Crippen LogP contribution < -0.4 is 5.32 Å². The molecule has 0 unspecified atom stereocenters. The summed E-state index contributed by atoms with van der Waals surface area (Å²) in [6, 6.07) is 5.25. The number of anilines is 1. The molecule has 0 aliphatic rings. The van der Waals surface area contributed by atoms with Crippen molar-refractivity contribution in [3.8, 4) is 0 Å². The molecule has 0 spiro atoms. The average molecular weight is 461 g/mol. The first-order valence-electron chi connectivity index (χ1n) is 7.56. The Morgan fingerprint density at radius 3 is 2.44 bits per heavy atom. The second-order valence-corrected chi connectivity index (χ2v) is 6.77. The van der Waals surface area contributed by atoms with E-state index in [-0.39, 0.29) is 6.04 Å². The van der Waals surface area contributed by atoms with Crippen molar-refractivity contribution in [2.24, 2.45) is 0 Å². The van der Waals surface area contributed by atoms with Gasteiger partial charge in [0.05, 0.1) is 11.9 Å². The lowest BCUT2D eigenvalue weighted by molar-refractivity contribution is -0.137. The summed E-state index contributed by atoms with van der Waals surface area (Å²) in [6.45, 7) is 4.41. The molecule has 0 fully saturated rings. The number of fused-ring (bicyclic) bond motifs is 1. The topological polar surface area (TPSA) is 55.6 Å². The molecule has 2 aromatic heterocycles. The third-order valence-electron chi connectivity index (χ3n) is 3.69. The molecule has 9 heteroatoms. The number of hydrogen-bond donors (Lipinski definition) is 1. The fourth-order valence-electron chi connectivity index (χ4n) is 2.39. The second-order valence-electron chi connectivity index (χ2n) is 5.81. The highest BCUT2D eigenvalue weighted by Crippen LogP contribution is 2.29. The lowest BCUT2D eigenvalue weighted by Crippen LogP contribution is -2.07. The van der Waals surface area contributed by atoms with Crippen LogP contribution in [0.2, 0.25) is 0 Å². The quantitative estimate of drug-likeness (QED) is 0.455. The molecule has 1 aromatic carbocycles. The van der Waals surface area contributed by atoms with Crippen LogP contribution in [-0.4, -0.2) is 19.5 Å². The molecule has 132 valence electrons. The first-order chi connectivity index (χ1) is 11.8. The summed E-state index contributed by atoms with van der Waals surface area (Å²) in [7, 11) is 0. The first-order valence-corrected chi connectivity index (χ1v) is 8.63. The number of halogens is 4. The highest BCUT2D eigenvalue weighted by Gasteiger charge is 2.29. The van der Waals surface area contributed by atoms with E-state index in [9.17, 15) is 13.2 Å². The van der Waals surface area contributed by atoms with Gasteiger partial charge >= 0.3 is 6.18 Å². The van der Waals surface area contributed by atoms with Crippen LogP contribution >= 0.6 is 22.6 Å². The lowest BCUT2D eigenvalue weighted by atomic mass is 10.1. The molecule has 0 aliphatic carbocycles. The van der Waals surface area contributed by atoms with Gasteiger partial charge in [0.1, 0.15) is 0 Å². The molecule has 1 N–H and O–H groups in total. The van der Waals surface area contributed by atoms with E-state index >= 15 is 0 Å². The Morgan fingerprint density at radius 2 is 1.84 bits per heavy atom. The van der Waals surface area contributed by atoms with Gasteiger partial charge in [0.15, 0.2) is 20.8 Å². The van der Waals surface area contributed by atoms with E-state index in [1.165, 1.54) is 12.1 Å². The number of nitrogens with one attached hydrogen (secondary N) is 1. The predicted molar refractivity (Wildman–Crippen MR) is 97.2 cm³/mol. The third kappa shape index (κ3) is 3.86. The summed E-state index contributed by atoms with van der Waals surface area (Å²) in [5, 5.41) is 3.14. The molecule has 0 bridgehead atoms. The van der Waals surface area contributed by atoms with Crippen molar-refractivity contribution in [2.45, 2.75) is 32.6 Å². The Labute approximate surface area is 155 Å². The molecular weight excluding hydrogens is 446 g/mol. The summed E-state index contributed by atoms with van der Waals surface area (Å²) in [4.78, 5) is 13.1. The number of rotatable bonds is 4. The van der Waals surface area contributed by atoms with Crippen LogP contribution in [0.5, 0.6) is 0 Å². The van der Waals surface area contributed by atoms with Crippen LogP contribution in [0, 0.1) is 3.83 Å². The molecule has 0 saturated carbocycles. The molecule has 2 heterocycles. The van der Waals surface area contributed by atoms with Gasteiger partial charge in [0, 0.05) is 35.2 Å². The van der Waals surface area contributed by atoms with Gasteiger partial charge < -0.3 is 9.88 Å². The summed E-state index contributed by atoms with van der Waals surface area (Å²) in [6.07, 6.45) is -2.62. The number of aromatic nitrogens is 4. The SMILES string of the molecule is CC(C)n1cnc2c(NCc3ccc(C(F)(F)F)cc3)nc(I)nc21. The molecule has 0 aliphatic heterocycles. The van der Waals surface area contributed by atoms with Gasteiger partial charge in [-0.25, -0.2) is 15.0 Å². The fraction of sp³-hybridized carbons (Fsp3) is 0.312. The third-order valence-corrected chi connectivity index (χ3v) is 4.17. The molecule has 3 rings (SSSR count). The first kappa shape index (κ1) is 17.9. The van der Waals surface area contributed by atoms with E-state index in [1.54, 1.807) is 6.33 Å². The van der Waals surface area contributed by atoms with Crippen LogP contribution in [-0.2, 0) is 12.7 Å². The summed E-state index contributed by atoms with van der Waals surface area (Å²) < 4.78 is 40.4. The Balaban J connectivity index is 1.84. The number of hydrogen-bond acceptors (Lipinski definition) is 4. The lowest BCUT2D eigenvalue weighted by Gasteiger charge is -2.10. The normalized spacial score (nSPS) is 12.1. The van der Waals surface area contributed by atoms with Gasteiger partial charge in [0.25, 0.3) is 0 Å². The minimum atomic E-state index is -4.33. The van der Waals surface area contributed by atoms with Crippen molar-refractivity contribution in [2.75, 3.05) is 5.32 Å². The summed E-state index contributed by atoms with van der Waals surface area (Å²) in [5.74, 6) is 0.564. The number of imidazole rings is 1. The highest BCUT2D eigenvalue weighted by atomic mass is 127. The fourth-order valence-corrected chi connectivity index (χ4v) is 2.86. The molecule has 25 heavy (non-hydrogen) atoms. The Kier molecular flexibility index (Phi) is 4.85. The number of nitrogens with zero attached hydrogens (tertiary/aromatic N) is 4. The zero-order valence-electron chi connectivity index (χ0n) is 13.5. The van der Waals surface area contributed by atoms with Crippen molar-refractivity contribution in [1.82, 2.24) is 19.5 Å². The Hall–Kier alpha value is -1.91. The van der Waals surface area contributed by atoms with Crippen molar-refractivity contribution in [1.29, 1.82) is 0 Å². The average Bonchev–Trinajstić information content (AvgIpc) is 2.96. The number of alkyl halides is 3. The van der Waals surface area contributed by atoms with Crippen molar-refractivity contribution in [3.05, 3.63) is 45.6 Å². The van der Waals surface area contributed by atoms with Crippen LogP contribution in [0.4, 0.5) is 19.0 Å². The second kappa shape index (κ2) is 6.77. The van der Waals surface area contributed by atoms with Gasteiger partial charge in [-0.3, -0.25) is 0 Å². The van der Waals surface area contributed by atoms with Gasteiger partial charge in [-0.1, -0.05) is 12.1 Å². The molecule has 0 radical (unpaired) electrons. The standard InChI is InChI=1S/C16H15F3IN5/c1-9(2)25-8-22-12-13(23-15(20)24-14(12)25)21-7-10-3-5-11(6-4-10)16(17,18)19/h3-6,8-9H,7H2,1-2H3,(H,21,23,24). The van der Waals surface area contributed by atoms with Gasteiger partial charge in [-0.2, -0.15) is 13.2 Å².